The standard InChI is InChI=1S/C15H18BrNO2/c1-10(2)13-7-14(18)17(9-13)15(19)12-5-3-11(8-16)4-6-12/h3-6,10,13H,7-9H2,1-2H3. The topological polar surface area (TPSA) is 37.4 Å². The summed E-state index contributed by atoms with van der Waals surface area (Å²) in [6.07, 6.45) is 0.489. The molecule has 3 nitrogen and oxygen atoms in total. The summed E-state index contributed by atoms with van der Waals surface area (Å²) in [7, 11) is 0. The first-order valence-corrected chi connectivity index (χ1v) is 7.64. The highest BCUT2D eigenvalue weighted by Gasteiger charge is 2.35. The highest BCUT2D eigenvalue weighted by molar-refractivity contribution is 9.08. The summed E-state index contributed by atoms with van der Waals surface area (Å²) in [6.45, 7) is 4.74. The summed E-state index contributed by atoms with van der Waals surface area (Å²) in [5, 5.41) is 0.763. The van der Waals surface area contributed by atoms with Crippen molar-refractivity contribution >= 4 is 27.7 Å². The molecule has 1 aliphatic rings. The normalized spacial score (nSPS) is 19.3. The molecule has 1 atom stereocenters. The van der Waals surface area contributed by atoms with Crippen LogP contribution in [-0.4, -0.2) is 23.3 Å². The van der Waals surface area contributed by atoms with E-state index in [1.807, 2.05) is 12.1 Å². The molecule has 0 aliphatic carbocycles. The van der Waals surface area contributed by atoms with Gasteiger partial charge < -0.3 is 0 Å². The van der Waals surface area contributed by atoms with Crippen molar-refractivity contribution in [3.8, 4) is 0 Å². The average molecular weight is 324 g/mol. The van der Waals surface area contributed by atoms with Gasteiger partial charge in [0.25, 0.3) is 5.91 Å². The number of amides is 2. The van der Waals surface area contributed by atoms with Gasteiger partial charge in [-0.1, -0.05) is 41.9 Å². The molecule has 0 aromatic heterocycles. The second-order valence-electron chi connectivity index (χ2n) is 5.35. The molecule has 1 unspecified atom stereocenters. The van der Waals surface area contributed by atoms with Gasteiger partial charge in [0.1, 0.15) is 0 Å². The van der Waals surface area contributed by atoms with Crippen LogP contribution in [0.25, 0.3) is 0 Å². The number of alkyl halides is 1. The molecule has 1 fully saturated rings. The van der Waals surface area contributed by atoms with E-state index in [-0.39, 0.29) is 11.8 Å². The van der Waals surface area contributed by atoms with Crippen molar-refractivity contribution in [2.75, 3.05) is 6.54 Å². The quantitative estimate of drug-likeness (QED) is 0.632. The fourth-order valence-corrected chi connectivity index (χ4v) is 2.64. The minimum Gasteiger partial charge on any atom is -0.278 e. The number of rotatable bonds is 3. The molecule has 0 spiro atoms. The number of nitrogens with zero attached hydrogens (tertiary/aromatic N) is 1. The predicted molar refractivity (Wildman–Crippen MR) is 78.1 cm³/mol. The Labute approximate surface area is 122 Å². The third kappa shape index (κ3) is 3.06. The van der Waals surface area contributed by atoms with Gasteiger partial charge in [-0.25, -0.2) is 0 Å². The van der Waals surface area contributed by atoms with E-state index in [4.69, 9.17) is 0 Å². The van der Waals surface area contributed by atoms with Crippen LogP contribution in [0.4, 0.5) is 0 Å². The van der Waals surface area contributed by atoms with E-state index < -0.39 is 0 Å². The molecule has 102 valence electrons. The fourth-order valence-electron chi connectivity index (χ4n) is 2.27. The third-order valence-corrected chi connectivity index (χ3v) is 4.35. The number of hydrogen-bond acceptors (Lipinski definition) is 2. The first-order chi connectivity index (χ1) is 9.02. The first kappa shape index (κ1) is 14.3. The van der Waals surface area contributed by atoms with E-state index in [1.165, 1.54) is 4.90 Å². The minimum absolute atomic E-state index is 0.0479. The molecule has 2 amide bonds. The Kier molecular flexibility index (Phi) is 4.40. The summed E-state index contributed by atoms with van der Waals surface area (Å²) < 4.78 is 0. The predicted octanol–water partition coefficient (Wildman–Crippen LogP) is 3.23. The van der Waals surface area contributed by atoms with Crippen LogP contribution < -0.4 is 0 Å². The van der Waals surface area contributed by atoms with Gasteiger partial charge >= 0.3 is 0 Å². The lowest BCUT2D eigenvalue weighted by Crippen LogP contribution is -2.32. The number of benzene rings is 1. The van der Waals surface area contributed by atoms with Crippen LogP contribution in [-0.2, 0) is 10.1 Å². The molecule has 1 heterocycles. The molecule has 1 aromatic rings. The van der Waals surface area contributed by atoms with Crippen molar-refractivity contribution in [2.24, 2.45) is 11.8 Å². The van der Waals surface area contributed by atoms with Gasteiger partial charge in [0.05, 0.1) is 0 Å². The number of likely N-dealkylation sites (tertiary alicyclic amines) is 1. The largest absolute Gasteiger partial charge is 0.278 e. The lowest BCUT2D eigenvalue weighted by molar-refractivity contribution is -0.125. The second kappa shape index (κ2) is 5.87. The van der Waals surface area contributed by atoms with Crippen LogP contribution in [0.1, 0.15) is 36.2 Å². The van der Waals surface area contributed by atoms with Crippen LogP contribution in [0.5, 0.6) is 0 Å². The van der Waals surface area contributed by atoms with Crippen molar-refractivity contribution in [3.05, 3.63) is 35.4 Å². The molecular formula is C15H18BrNO2. The molecule has 2 rings (SSSR count). The molecule has 1 aliphatic heterocycles. The van der Waals surface area contributed by atoms with E-state index in [9.17, 15) is 9.59 Å². The molecule has 0 bridgehead atoms. The van der Waals surface area contributed by atoms with Gasteiger partial charge in [-0.05, 0) is 29.5 Å². The number of imide groups is 1. The SMILES string of the molecule is CC(C)C1CC(=O)N(C(=O)c2ccc(CBr)cc2)C1. The lowest BCUT2D eigenvalue weighted by atomic mass is 9.95. The average Bonchev–Trinajstić information content (AvgIpc) is 2.80. The van der Waals surface area contributed by atoms with Crippen molar-refractivity contribution < 1.29 is 9.59 Å². The zero-order chi connectivity index (χ0) is 14.0. The molecule has 1 aromatic carbocycles. The van der Waals surface area contributed by atoms with Crippen molar-refractivity contribution in [1.82, 2.24) is 4.90 Å². The van der Waals surface area contributed by atoms with Gasteiger partial charge in [0.2, 0.25) is 5.91 Å². The molecule has 0 saturated carbocycles. The minimum atomic E-state index is -0.172. The monoisotopic (exact) mass is 323 g/mol. The van der Waals surface area contributed by atoms with Gasteiger partial charge in [-0.15, -0.1) is 0 Å². The second-order valence-corrected chi connectivity index (χ2v) is 5.91. The third-order valence-electron chi connectivity index (χ3n) is 3.70. The van der Waals surface area contributed by atoms with E-state index >= 15 is 0 Å². The van der Waals surface area contributed by atoms with E-state index in [0.717, 1.165) is 10.9 Å². The van der Waals surface area contributed by atoms with Crippen molar-refractivity contribution in [2.45, 2.75) is 25.6 Å². The Balaban J connectivity index is 2.13. The van der Waals surface area contributed by atoms with Gasteiger partial charge in [-0.2, -0.15) is 0 Å². The molecule has 4 heteroatoms. The first-order valence-electron chi connectivity index (χ1n) is 6.52. The molecule has 0 N–H and O–H groups in total. The van der Waals surface area contributed by atoms with Crippen LogP contribution in [0, 0.1) is 11.8 Å². The number of carbonyl (C=O) groups is 2. The lowest BCUT2D eigenvalue weighted by Gasteiger charge is -2.16. The summed E-state index contributed by atoms with van der Waals surface area (Å²) in [6, 6.07) is 7.38. The molecular weight excluding hydrogens is 306 g/mol. The highest BCUT2D eigenvalue weighted by Crippen LogP contribution is 2.26. The molecule has 0 radical (unpaired) electrons. The number of halogens is 1. The zero-order valence-electron chi connectivity index (χ0n) is 11.2. The Morgan fingerprint density at radius 3 is 2.47 bits per heavy atom. The van der Waals surface area contributed by atoms with Gasteiger partial charge in [-0.3, -0.25) is 14.5 Å². The molecule has 1 saturated heterocycles. The van der Waals surface area contributed by atoms with Crippen LogP contribution >= 0.6 is 15.9 Å². The van der Waals surface area contributed by atoms with Crippen molar-refractivity contribution in [3.63, 3.8) is 0 Å². The Bertz CT molecular complexity index is 481. The van der Waals surface area contributed by atoms with Gasteiger partial charge in [0, 0.05) is 23.9 Å². The van der Waals surface area contributed by atoms with Crippen molar-refractivity contribution in [1.29, 1.82) is 0 Å². The van der Waals surface area contributed by atoms with Crippen LogP contribution in [0.3, 0.4) is 0 Å². The maximum absolute atomic E-state index is 12.3. The fraction of sp³-hybridized carbons (Fsp3) is 0.467. The Morgan fingerprint density at radius 2 is 2.00 bits per heavy atom. The Hall–Kier alpha value is -1.16. The maximum atomic E-state index is 12.3. The number of carbonyl (C=O) groups excluding carboxylic acids is 2. The summed E-state index contributed by atoms with van der Waals surface area (Å²) in [5.41, 5.74) is 1.70. The van der Waals surface area contributed by atoms with Crippen LogP contribution in [0.2, 0.25) is 0 Å². The van der Waals surface area contributed by atoms with E-state index in [1.54, 1.807) is 12.1 Å². The molecule has 19 heavy (non-hydrogen) atoms. The summed E-state index contributed by atoms with van der Waals surface area (Å²) in [5.74, 6) is 0.498. The Morgan fingerprint density at radius 1 is 1.37 bits per heavy atom. The summed E-state index contributed by atoms with van der Waals surface area (Å²) >= 11 is 3.37. The van der Waals surface area contributed by atoms with Gasteiger partial charge in [0.15, 0.2) is 0 Å². The maximum Gasteiger partial charge on any atom is 0.260 e. The van der Waals surface area contributed by atoms with Crippen LogP contribution in [0.15, 0.2) is 24.3 Å². The highest BCUT2D eigenvalue weighted by atomic mass is 79.9. The van der Waals surface area contributed by atoms with E-state index in [2.05, 4.69) is 29.8 Å². The number of hydrogen-bond donors (Lipinski definition) is 0. The summed E-state index contributed by atoms with van der Waals surface area (Å²) in [4.78, 5) is 25.6. The smallest absolute Gasteiger partial charge is 0.260 e. The zero-order valence-corrected chi connectivity index (χ0v) is 12.8. The van der Waals surface area contributed by atoms with E-state index in [0.29, 0.717) is 30.4 Å².